The molecule has 0 saturated carbocycles. The van der Waals surface area contributed by atoms with Gasteiger partial charge in [0.05, 0.1) is 5.56 Å². The molecule has 1 aliphatic heterocycles. The van der Waals surface area contributed by atoms with Crippen molar-refractivity contribution in [2.24, 2.45) is 0 Å². The summed E-state index contributed by atoms with van der Waals surface area (Å²) in [5, 5.41) is 0. The molecule has 0 aromatic carbocycles. The van der Waals surface area contributed by atoms with Crippen LogP contribution in [-0.4, -0.2) is 17.6 Å². The molecule has 2 nitrogen and oxygen atoms in total. The van der Waals surface area contributed by atoms with E-state index in [1.807, 2.05) is 0 Å². The van der Waals surface area contributed by atoms with Crippen LogP contribution in [0.4, 0.5) is 19.0 Å². The Morgan fingerprint density at radius 2 is 2.00 bits per heavy atom. The lowest BCUT2D eigenvalue weighted by Crippen LogP contribution is -3.00. The van der Waals surface area contributed by atoms with Gasteiger partial charge in [0.15, 0.2) is 0 Å². The van der Waals surface area contributed by atoms with E-state index in [9.17, 15) is 13.2 Å². The number of hydrogen-bond donors (Lipinski definition) is 0. The van der Waals surface area contributed by atoms with Crippen LogP contribution in [0.15, 0.2) is 18.3 Å². The highest BCUT2D eigenvalue weighted by Crippen LogP contribution is 2.30. The van der Waals surface area contributed by atoms with Gasteiger partial charge >= 0.3 is 6.18 Å². The summed E-state index contributed by atoms with van der Waals surface area (Å²) in [5.74, 6) is 0.644. The first-order valence-corrected chi connectivity index (χ1v) is 5.78. The molecule has 0 aliphatic carbocycles. The molecule has 1 saturated heterocycles. The fourth-order valence-corrected chi connectivity index (χ4v) is 2.16. The zero-order valence-electron chi connectivity index (χ0n) is 10.0. The molecule has 0 N–H and O–H groups in total. The van der Waals surface area contributed by atoms with Crippen LogP contribution in [-0.2, 0) is 6.18 Å². The number of halogens is 4. The summed E-state index contributed by atoms with van der Waals surface area (Å²) in [7, 11) is 0. The quantitative estimate of drug-likeness (QED) is 0.744. The normalized spacial score (nSPS) is 20.4. The van der Waals surface area contributed by atoms with Crippen LogP contribution in [0.1, 0.15) is 31.7 Å². The average Bonchev–Trinajstić information content (AvgIpc) is 2.29. The lowest BCUT2D eigenvalue weighted by atomic mass is 10.0. The van der Waals surface area contributed by atoms with Gasteiger partial charge in [-0.25, -0.2) is 4.98 Å². The van der Waals surface area contributed by atoms with Gasteiger partial charge in [0.1, 0.15) is 5.82 Å². The lowest BCUT2D eigenvalue weighted by Gasteiger charge is -2.34. The molecule has 2 rings (SSSR count). The predicted octanol–water partition coefficient (Wildman–Crippen LogP) is 0.483. The largest absolute Gasteiger partial charge is 1.00 e. The summed E-state index contributed by atoms with van der Waals surface area (Å²) in [4.78, 5) is 6.00. The minimum atomic E-state index is -4.31. The van der Waals surface area contributed by atoms with Crippen LogP contribution in [0.25, 0.3) is 0 Å². The molecule has 0 spiro atoms. The van der Waals surface area contributed by atoms with Crippen molar-refractivity contribution in [1.29, 1.82) is 0 Å². The van der Waals surface area contributed by atoms with Crippen molar-refractivity contribution in [1.82, 2.24) is 4.98 Å². The van der Waals surface area contributed by atoms with E-state index in [0.29, 0.717) is 11.9 Å². The van der Waals surface area contributed by atoms with Gasteiger partial charge in [-0.1, -0.05) is 0 Å². The summed E-state index contributed by atoms with van der Waals surface area (Å²) in [5.41, 5.74) is -0.689. The third-order valence-electron chi connectivity index (χ3n) is 3.17. The Morgan fingerprint density at radius 1 is 1.28 bits per heavy atom. The van der Waals surface area contributed by atoms with Crippen molar-refractivity contribution in [3.63, 3.8) is 0 Å². The third-order valence-corrected chi connectivity index (χ3v) is 3.17. The van der Waals surface area contributed by atoms with Gasteiger partial charge in [0.2, 0.25) is 0 Å². The Hall–Kier alpha value is -0.970. The maximum atomic E-state index is 12.4. The van der Waals surface area contributed by atoms with Crippen LogP contribution < -0.4 is 17.3 Å². The van der Waals surface area contributed by atoms with Gasteiger partial charge in [0, 0.05) is 18.8 Å². The van der Waals surface area contributed by atoms with Gasteiger partial charge in [-0.3, -0.25) is 0 Å². The molecular formula is C12H15ClF3N2-. The number of anilines is 1. The molecule has 2 heterocycles. The number of nitrogens with zero attached hydrogens (tertiary/aromatic N) is 2. The van der Waals surface area contributed by atoms with Gasteiger partial charge < -0.3 is 17.3 Å². The van der Waals surface area contributed by atoms with Crippen molar-refractivity contribution in [3.05, 3.63) is 23.9 Å². The summed E-state index contributed by atoms with van der Waals surface area (Å²) >= 11 is 0. The summed E-state index contributed by atoms with van der Waals surface area (Å²) in [6.07, 6.45) is -0.0657. The molecule has 0 amide bonds. The second-order valence-corrected chi connectivity index (χ2v) is 4.44. The molecule has 1 aromatic rings. The number of rotatable bonds is 1. The maximum Gasteiger partial charge on any atom is 0.417 e. The number of alkyl halides is 3. The highest BCUT2D eigenvalue weighted by Gasteiger charge is 2.31. The Labute approximate surface area is 111 Å². The molecule has 1 atom stereocenters. The van der Waals surface area contributed by atoms with E-state index >= 15 is 0 Å². The minimum absolute atomic E-state index is 0. The molecular weight excluding hydrogens is 265 g/mol. The molecule has 1 aromatic heterocycles. The van der Waals surface area contributed by atoms with E-state index in [1.54, 1.807) is 0 Å². The lowest BCUT2D eigenvalue weighted by molar-refractivity contribution is -0.137. The first-order valence-electron chi connectivity index (χ1n) is 5.78. The highest BCUT2D eigenvalue weighted by atomic mass is 35.5. The highest BCUT2D eigenvalue weighted by molar-refractivity contribution is 5.41. The minimum Gasteiger partial charge on any atom is -1.00 e. The summed E-state index contributed by atoms with van der Waals surface area (Å²) in [6, 6.07) is 2.92. The fraction of sp³-hybridized carbons (Fsp3) is 0.583. The maximum absolute atomic E-state index is 12.4. The molecule has 6 heteroatoms. The first kappa shape index (κ1) is 15.1. The molecule has 1 fully saturated rings. The predicted molar refractivity (Wildman–Crippen MR) is 59.9 cm³/mol. The van der Waals surface area contributed by atoms with E-state index in [1.165, 1.54) is 12.5 Å². The van der Waals surface area contributed by atoms with Crippen LogP contribution in [0, 0.1) is 0 Å². The van der Waals surface area contributed by atoms with Crippen molar-refractivity contribution in [2.75, 3.05) is 11.4 Å². The smallest absolute Gasteiger partial charge is 0.417 e. The van der Waals surface area contributed by atoms with E-state index < -0.39 is 11.7 Å². The molecule has 1 aliphatic rings. The third kappa shape index (κ3) is 3.28. The summed E-state index contributed by atoms with van der Waals surface area (Å²) < 4.78 is 37.2. The number of pyridine rings is 1. The molecule has 0 bridgehead atoms. The molecule has 18 heavy (non-hydrogen) atoms. The number of hydrogen-bond acceptors (Lipinski definition) is 2. The topological polar surface area (TPSA) is 16.1 Å². The van der Waals surface area contributed by atoms with Crippen molar-refractivity contribution in [3.8, 4) is 0 Å². The second kappa shape index (κ2) is 5.78. The molecule has 1 unspecified atom stereocenters. The number of piperidine rings is 1. The average molecular weight is 280 g/mol. The van der Waals surface area contributed by atoms with Gasteiger partial charge in [-0.2, -0.15) is 13.2 Å². The van der Waals surface area contributed by atoms with E-state index in [4.69, 9.17) is 0 Å². The SMILES string of the molecule is CC1CCCCN1c1ccc(C(F)(F)F)cn1.[Cl-]. The monoisotopic (exact) mass is 279 g/mol. The van der Waals surface area contributed by atoms with Crippen molar-refractivity contribution >= 4 is 5.82 Å². The molecule has 102 valence electrons. The van der Waals surface area contributed by atoms with Crippen LogP contribution in [0.3, 0.4) is 0 Å². The van der Waals surface area contributed by atoms with Gasteiger partial charge in [0.25, 0.3) is 0 Å². The Bertz CT molecular complexity index is 378. The van der Waals surface area contributed by atoms with E-state index in [-0.39, 0.29) is 12.4 Å². The van der Waals surface area contributed by atoms with Crippen molar-refractivity contribution < 1.29 is 25.6 Å². The molecule has 0 radical (unpaired) electrons. The van der Waals surface area contributed by atoms with Gasteiger partial charge in [-0.15, -0.1) is 0 Å². The fourth-order valence-electron chi connectivity index (χ4n) is 2.16. The Kier molecular flexibility index (Phi) is 4.85. The van der Waals surface area contributed by atoms with Crippen LogP contribution >= 0.6 is 0 Å². The van der Waals surface area contributed by atoms with Gasteiger partial charge in [-0.05, 0) is 38.3 Å². The Morgan fingerprint density at radius 3 is 2.50 bits per heavy atom. The Balaban J connectivity index is 0.00000162. The van der Waals surface area contributed by atoms with E-state index in [0.717, 1.165) is 31.6 Å². The number of aromatic nitrogens is 1. The van der Waals surface area contributed by atoms with Crippen molar-refractivity contribution in [2.45, 2.75) is 38.4 Å². The van der Waals surface area contributed by atoms with Crippen LogP contribution in [0.2, 0.25) is 0 Å². The zero-order valence-corrected chi connectivity index (χ0v) is 10.8. The second-order valence-electron chi connectivity index (χ2n) is 4.44. The summed E-state index contributed by atoms with van der Waals surface area (Å²) in [6.45, 7) is 2.96. The standard InChI is InChI=1S/C12H15F3N2.ClH/c1-9-4-2-3-7-17(9)11-6-5-10(8-16-11)12(13,14)15;/h5-6,8-9H,2-4,7H2,1H3;1H/p-1. The van der Waals surface area contributed by atoms with Crippen LogP contribution in [0.5, 0.6) is 0 Å². The first-order chi connectivity index (χ1) is 7.98. The zero-order chi connectivity index (χ0) is 12.5. The van der Waals surface area contributed by atoms with E-state index in [2.05, 4.69) is 16.8 Å².